The zero-order valence-corrected chi connectivity index (χ0v) is 17.5. The van der Waals surface area contributed by atoms with Gasteiger partial charge in [-0.2, -0.15) is 10.2 Å². The molecule has 2 rings (SSSR count). The predicted molar refractivity (Wildman–Crippen MR) is 117 cm³/mol. The fraction of sp³-hybridized carbons (Fsp3) is 0.364. The number of nitrogens with one attached hydrogen (secondary N) is 2. The molecule has 0 aliphatic carbocycles. The van der Waals surface area contributed by atoms with Crippen molar-refractivity contribution in [2.45, 2.75) is 52.4 Å². The van der Waals surface area contributed by atoms with Crippen LogP contribution in [0.1, 0.15) is 63.5 Å². The van der Waals surface area contributed by atoms with Crippen molar-refractivity contribution in [3.05, 3.63) is 60.2 Å². The lowest BCUT2D eigenvalue weighted by molar-refractivity contribution is -0.122. The quantitative estimate of drug-likeness (QED) is 0.338. The van der Waals surface area contributed by atoms with Gasteiger partial charge in [-0.1, -0.05) is 12.8 Å². The summed E-state index contributed by atoms with van der Waals surface area (Å²) < 4.78 is 0. The second-order valence-corrected chi connectivity index (χ2v) is 6.85. The van der Waals surface area contributed by atoms with Gasteiger partial charge in [-0.15, -0.1) is 0 Å². The highest BCUT2D eigenvalue weighted by molar-refractivity contribution is 5.99. The maximum Gasteiger partial charge on any atom is 0.240 e. The van der Waals surface area contributed by atoms with Gasteiger partial charge in [0.1, 0.15) is 0 Å². The number of pyridine rings is 2. The Bertz CT molecular complexity index is 792. The molecule has 0 radical (unpaired) electrons. The highest BCUT2D eigenvalue weighted by Gasteiger charge is 2.04. The molecule has 2 N–H and O–H groups in total. The summed E-state index contributed by atoms with van der Waals surface area (Å²) in [6.45, 7) is 3.67. The highest BCUT2D eigenvalue weighted by atomic mass is 16.2. The molecule has 0 bridgehead atoms. The first-order valence-corrected chi connectivity index (χ1v) is 10.0. The number of hydrazone groups is 2. The number of carbonyl (C=O) groups is 2. The van der Waals surface area contributed by atoms with Gasteiger partial charge in [-0.25, -0.2) is 10.9 Å². The molecule has 0 aromatic carbocycles. The molecule has 8 heteroatoms. The number of hydrogen-bond donors (Lipinski definition) is 2. The molecule has 8 nitrogen and oxygen atoms in total. The molecule has 0 aliphatic rings. The summed E-state index contributed by atoms with van der Waals surface area (Å²) >= 11 is 0. The summed E-state index contributed by atoms with van der Waals surface area (Å²) in [5.74, 6) is -0.218. The van der Waals surface area contributed by atoms with Crippen molar-refractivity contribution >= 4 is 23.2 Å². The lowest BCUT2D eigenvalue weighted by atomic mass is 10.1. The molecule has 2 heterocycles. The molecule has 0 aliphatic heterocycles. The minimum absolute atomic E-state index is 0.109. The van der Waals surface area contributed by atoms with Gasteiger partial charge in [-0.3, -0.25) is 19.6 Å². The third kappa shape index (κ3) is 8.72. The van der Waals surface area contributed by atoms with Crippen LogP contribution < -0.4 is 10.9 Å². The van der Waals surface area contributed by atoms with Crippen molar-refractivity contribution in [3.63, 3.8) is 0 Å². The van der Waals surface area contributed by atoms with Crippen molar-refractivity contribution in [3.8, 4) is 0 Å². The predicted octanol–water partition coefficient (Wildman–Crippen LogP) is 3.20. The molecule has 30 heavy (non-hydrogen) atoms. The fourth-order valence-corrected chi connectivity index (χ4v) is 2.64. The van der Waals surface area contributed by atoms with E-state index in [1.807, 2.05) is 38.1 Å². The summed E-state index contributed by atoms with van der Waals surface area (Å²) in [6, 6.07) is 7.36. The van der Waals surface area contributed by atoms with Crippen LogP contribution in [-0.2, 0) is 9.59 Å². The van der Waals surface area contributed by atoms with Crippen LogP contribution >= 0.6 is 0 Å². The van der Waals surface area contributed by atoms with Crippen LogP contribution in [0.4, 0.5) is 0 Å². The molecule has 0 atom stereocenters. The first-order valence-electron chi connectivity index (χ1n) is 10.0. The average molecular weight is 409 g/mol. The number of carbonyl (C=O) groups excluding carboxylic acids is 2. The van der Waals surface area contributed by atoms with E-state index < -0.39 is 0 Å². The molecule has 158 valence electrons. The van der Waals surface area contributed by atoms with Gasteiger partial charge < -0.3 is 0 Å². The molecular formula is C22H28N6O2. The molecule has 0 saturated carbocycles. The summed E-state index contributed by atoms with van der Waals surface area (Å²) in [5.41, 5.74) is 8.46. The van der Waals surface area contributed by atoms with Crippen molar-refractivity contribution in [1.82, 2.24) is 20.8 Å². The van der Waals surface area contributed by atoms with Crippen molar-refractivity contribution in [2.75, 3.05) is 0 Å². The van der Waals surface area contributed by atoms with E-state index in [9.17, 15) is 9.59 Å². The zero-order valence-electron chi connectivity index (χ0n) is 17.5. The van der Waals surface area contributed by atoms with Crippen LogP contribution in [0.5, 0.6) is 0 Å². The largest absolute Gasteiger partial charge is 0.273 e. The van der Waals surface area contributed by atoms with Crippen LogP contribution in [0.3, 0.4) is 0 Å². The Labute approximate surface area is 176 Å². The minimum atomic E-state index is -0.109. The van der Waals surface area contributed by atoms with Crippen LogP contribution in [0, 0.1) is 0 Å². The number of unbranched alkanes of at least 4 members (excludes halogenated alkanes) is 3. The molecule has 2 amide bonds. The second-order valence-electron chi connectivity index (χ2n) is 6.85. The Morgan fingerprint density at radius 2 is 1.07 bits per heavy atom. The first kappa shape index (κ1) is 22.9. The molecular weight excluding hydrogens is 380 g/mol. The lowest BCUT2D eigenvalue weighted by Gasteiger charge is -2.04. The third-order valence-electron chi connectivity index (χ3n) is 4.45. The summed E-state index contributed by atoms with van der Waals surface area (Å²) in [7, 11) is 0. The highest BCUT2D eigenvalue weighted by Crippen LogP contribution is 2.06. The SMILES string of the molecule is CC(=NNC(=O)CCCCCCC(=O)NN=C(C)c1ccncc1)c1ccncc1. The standard InChI is InChI=1S/C22H28N6O2/c1-17(19-9-13-23-14-10-19)25-27-21(29)7-5-3-4-6-8-22(30)28-26-18(2)20-11-15-24-16-12-20/h9-16H,3-8H2,1-2H3,(H,27,29)(H,28,30). The maximum absolute atomic E-state index is 11.9. The van der Waals surface area contributed by atoms with Crippen LogP contribution in [-0.4, -0.2) is 33.2 Å². The second kappa shape index (κ2) is 12.9. The Kier molecular flexibility index (Phi) is 9.85. The van der Waals surface area contributed by atoms with Crippen molar-refractivity contribution in [1.29, 1.82) is 0 Å². The van der Waals surface area contributed by atoms with E-state index in [0.29, 0.717) is 12.8 Å². The van der Waals surface area contributed by atoms with E-state index in [0.717, 1.165) is 48.2 Å². The Morgan fingerprint density at radius 1 is 0.700 bits per heavy atom. The van der Waals surface area contributed by atoms with Gasteiger partial charge in [0.25, 0.3) is 0 Å². The van der Waals surface area contributed by atoms with Crippen LogP contribution in [0.2, 0.25) is 0 Å². The van der Waals surface area contributed by atoms with Gasteiger partial charge in [0.15, 0.2) is 0 Å². The molecule has 2 aromatic rings. The van der Waals surface area contributed by atoms with Crippen LogP contribution in [0.25, 0.3) is 0 Å². The smallest absolute Gasteiger partial charge is 0.240 e. The lowest BCUT2D eigenvalue weighted by Crippen LogP contribution is -2.19. The molecule has 0 spiro atoms. The van der Waals surface area contributed by atoms with Gasteiger partial charge in [0.05, 0.1) is 11.4 Å². The van der Waals surface area contributed by atoms with E-state index in [-0.39, 0.29) is 11.8 Å². The average Bonchev–Trinajstić information content (AvgIpc) is 2.79. The first-order chi connectivity index (χ1) is 14.6. The Balaban J connectivity index is 1.55. The van der Waals surface area contributed by atoms with Crippen molar-refractivity contribution < 1.29 is 9.59 Å². The topological polar surface area (TPSA) is 109 Å². The Morgan fingerprint density at radius 3 is 1.43 bits per heavy atom. The normalized spacial score (nSPS) is 11.8. The Hall–Kier alpha value is -3.42. The molecule has 0 saturated heterocycles. The maximum atomic E-state index is 11.9. The summed E-state index contributed by atoms with van der Waals surface area (Å²) in [4.78, 5) is 31.7. The van der Waals surface area contributed by atoms with Gasteiger partial charge in [0, 0.05) is 48.8 Å². The molecule has 0 unspecified atom stereocenters. The summed E-state index contributed by atoms with van der Waals surface area (Å²) in [6.07, 6.45) is 10.8. The van der Waals surface area contributed by atoms with Gasteiger partial charge >= 0.3 is 0 Å². The van der Waals surface area contributed by atoms with Gasteiger partial charge in [-0.05, 0) is 51.0 Å². The van der Waals surface area contributed by atoms with E-state index in [1.54, 1.807) is 24.8 Å². The molecule has 2 aromatic heterocycles. The monoisotopic (exact) mass is 408 g/mol. The van der Waals surface area contributed by atoms with Gasteiger partial charge in [0.2, 0.25) is 11.8 Å². The van der Waals surface area contributed by atoms with Crippen LogP contribution in [0.15, 0.2) is 59.3 Å². The third-order valence-corrected chi connectivity index (χ3v) is 4.45. The minimum Gasteiger partial charge on any atom is -0.273 e. The fourth-order valence-electron chi connectivity index (χ4n) is 2.64. The van der Waals surface area contributed by atoms with E-state index in [4.69, 9.17) is 0 Å². The number of aromatic nitrogens is 2. The van der Waals surface area contributed by atoms with E-state index in [1.165, 1.54) is 0 Å². The van der Waals surface area contributed by atoms with Crippen molar-refractivity contribution in [2.24, 2.45) is 10.2 Å². The zero-order chi connectivity index (χ0) is 21.6. The number of amides is 2. The number of hydrogen-bond acceptors (Lipinski definition) is 6. The van der Waals surface area contributed by atoms with E-state index >= 15 is 0 Å². The summed E-state index contributed by atoms with van der Waals surface area (Å²) in [5, 5.41) is 8.22. The number of nitrogens with zero attached hydrogens (tertiary/aromatic N) is 4. The number of rotatable bonds is 11. The van der Waals surface area contributed by atoms with E-state index in [2.05, 4.69) is 31.0 Å². The molecule has 0 fully saturated rings.